The van der Waals surface area contributed by atoms with Crippen molar-refractivity contribution in [1.82, 2.24) is 15.0 Å². The molecule has 0 atom stereocenters. The number of benzene rings is 1. The van der Waals surface area contributed by atoms with E-state index >= 15 is 0 Å². The zero-order chi connectivity index (χ0) is 10.4. The van der Waals surface area contributed by atoms with Gasteiger partial charge in [0.25, 0.3) is 0 Å². The fraction of sp³-hybridized carbons (Fsp3) is 0.167. The predicted molar refractivity (Wildman–Crippen MR) is 60.9 cm³/mol. The minimum atomic E-state index is 0.943. The Bertz CT molecular complexity index is 652. The molecule has 0 radical (unpaired) electrons. The number of aromatic amines is 1. The second-order valence-electron chi connectivity index (χ2n) is 3.80. The number of rotatable bonds is 0. The van der Waals surface area contributed by atoms with Crippen molar-refractivity contribution in [2.45, 2.75) is 13.8 Å². The van der Waals surface area contributed by atoms with Crippen molar-refractivity contribution in [3.63, 3.8) is 0 Å². The monoisotopic (exact) mass is 197 g/mol. The lowest BCUT2D eigenvalue weighted by atomic mass is 10.2. The molecule has 2 heterocycles. The Morgan fingerprint density at radius 1 is 1.00 bits per heavy atom. The van der Waals surface area contributed by atoms with Gasteiger partial charge in [-0.2, -0.15) is 0 Å². The van der Waals surface area contributed by atoms with E-state index in [9.17, 15) is 0 Å². The van der Waals surface area contributed by atoms with Crippen molar-refractivity contribution in [3.05, 3.63) is 35.8 Å². The average molecular weight is 197 g/mol. The van der Waals surface area contributed by atoms with Crippen LogP contribution >= 0.6 is 0 Å². The number of aryl methyl sites for hydroxylation is 2. The summed E-state index contributed by atoms with van der Waals surface area (Å²) in [5.41, 5.74) is 4.13. The van der Waals surface area contributed by atoms with Gasteiger partial charge in [0.1, 0.15) is 5.82 Å². The Hall–Kier alpha value is -1.90. The maximum absolute atomic E-state index is 4.48. The van der Waals surface area contributed by atoms with E-state index < -0.39 is 0 Å². The van der Waals surface area contributed by atoms with Crippen molar-refractivity contribution in [2.75, 3.05) is 0 Å². The Morgan fingerprint density at radius 3 is 2.73 bits per heavy atom. The van der Waals surface area contributed by atoms with E-state index in [-0.39, 0.29) is 0 Å². The normalized spacial score (nSPS) is 11.3. The van der Waals surface area contributed by atoms with Crippen molar-refractivity contribution >= 4 is 21.9 Å². The molecule has 0 aliphatic rings. The first-order valence-corrected chi connectivity index (χ1v) is 4.97. The van der Waals surface area contributed by atoms with Gasteiger partial charge in [0.05, 0.1) is 16.6 Å². The van der Waals surface area contributed by atoms with Crippen LogP contribution in [-0.2, 0) is 0 Å². The number of fused-ring (bicyclic) bond motifs is 3. The predicted octanol–water partition coefficient (Wildman–Crippen LogP) is 2.73. The van der Waals surface area contributed by atoms with E-state index in [4.69, 9.17) is 0 Å². The van der Waals surface area contributed by atoms with Gasteiger partial charge in [-0.25, -0.2) is 4.98 Å². The quantitative estimate of drug-likeness (QED) is 0.602. The molecule has 74 valence electrons. The highest BCUT2D eigenvalue weighted by molar-refractivity contribution is 6.02. The Morgan fingerprint density at radius 2 is 1.87 bits per heavy atom. The van der Waals surface area contributed by atoms with Gasteiger partial charge in [-0.1, -0.05) is 0 Å². The number of imidazole rings is 1. The molecule has 1 N–H and O–H groups in total. The topological polar surface area (TPSA) is 41.6 Å². The summed E-state index contributed by atoms with van der Waals surface area (Å²) in [4.78, 5) is 12.2. The van der Waals surface area contributed by atoms with E-state index in [0.717, 1.165) is 33.5 Å². The van der Waals surface area contributed by atoms with Crippen LogP contribution in [0.1, 0.15) is 11.5 Å². The Balaban J connectivity index is 2.53. The van der Waals surface area contributed by atoms with E-state index in [1.807, 2.05) is 32.0 Å². The molecule has 0 aliphatic carbocycles. The Kier molecular flexibility index (Phi) is 1.57. The summed E-state index contributed by atoms with van der Waals surface area (Å²) in [6, 6.07) is 8.17. The van der Waals surface area contributed by atoms with Gasteiger partial charge in [0.2, 0.25) is 0 Å². The van der Waals surface area contributed by atoms with Crippen molar-refractivity contribution in [2.24, 2.45) is 0 Å². The highest BCUT2D eigenvalue weighted by Gasteiger charge is 2.04. The van der Waals surface area contributed by atoms with Crippen LogP contribution in [0.5, 0.6) is 0 Å². The molecule has 0 spiro atoms. The van der Waals surface area contributed by atoms with Crippen molar-refractivity contribution in [1.29, 1.82) is 0 Å². The first-order valence-electron chi connectivity index (χ1n) is 4.97. The first-order chi connectivity index (χ1) is 7.24. The third-order valence-corrected chi connectivity index (χ3v) is 2.58. The summed E-state index contributed by atoms with van der Waals surface area (Å²) >= 11 is 0. The average Bonchev–Trinajstić information content (AvgIpc) is 2.58. The molecule has 2 aromatic heterocycles. The van der Waals surface area contributed by atoms with E-state index in [0.29, 0.717) is 0 Å². The summed E-state index contributed by atoms with van der Waals surface area (Å²) in [5, 5.41) is 1.11. The fourth-order valence-corrected chi connectivity index (χ4v) is 1.90. The summed E-state index contributed by atoms with van der Waals surface area (Å²) in [5.74, 6) is 0.943. The molecule has 0 aliphatic heterocycles. The molecule has 0 amide bonds. The molecular weight excluding hydrogens is 186 g/mol. The van der Waals surface area contributed by atoms with Gasteiger partial charge >= 0.3 is 0 Å². The maximum Gasteiger partial charge on any atom is 0.104 e. The molecule has 0 bridgehead atoms. The zero-order valence-corrected chi connectivity index (χ0v) is 8.70. The smallest absolute Gasteiger partial charge is 0.104 e. The second-order valence-corrected chi connectivity index (χ2v) is 3.80. The molecule has 0 fully saturated rings. The molecule has 0 saturated carbocycles. The van der Waals surface area contributed by atoms with Crippen molar-refractivity contribution in [3.8, 4) is 0 Å². The third-order valence-electron chi connectivity index (χ3n) is 2.58. The molecule has 15 heavy (non-hydrogen) atoms. The summed E-state index contributed by atoms with van der Waals surface area (Å²) in [6.07, 6.45) is 0. The van der Waals surface area contributed by atoms with Crippen LogP contribution in [0.15, 0.2) is 24.3 Å². The number of hydrogen-bond acceptors (Lipinski definition) is 2. The highest BCUT2D eigenvalue weighted by atomic mass is 14.9. The lowest BCUT2D eigenvalue weighted by Crippen LogP contribution is -1.83. The second kappa shape index (κ2) is 2.79. The number of nitrogens with one attached hydrogen (secondary N) is 1. The van der Waals surface area contributed by atoms with Gasteiger partial charge in [0, 0.05) is 11.1 Å². The lowest BCUT2D eigenvalue weighted by Gasteiger charge is -1.98. The summed E-state index contributed by atoms with van der Waals surface area (Å²) in [7, 11) is 0. The van der Waals surface area contributed by atoms with Gasteiger partial charge in [-0.05, 0) is 38.1 Å². The van der Waals surface area contributed by atoms with Gasteiger partial charge in [0.15, 0.2) is 0 Å². The van der Waals surface area contributed by atoms with E-state index in [1.165, 1.54) is 0 Å². The van der Waals surface area contributed by atoms with Crippen LogP contribution < -0.4 is 0 Å². The summed E-state index contributed by atoms with van der Waals surface area (Å²) in [6.45, 7) is 3.97. The largest absolute Gasteiger partial charge is 0.342 e. The number of nitrogens with zero attached hydrogens (tertiary/aromatic N) is 2. The standard InChI is InChI=1S/C12H11N3/c1-7-3-4-9-10(13-7)5-6-11-12(9)15-8(2)14-11/h3-6H,1-2H3,(H,14,15). The SMILES string of the molecule is Cc1ccc2c(ccc3[nH]c(C)nc32)n1. The summed E-state index contributed by atoms with van der Waals surface area (Å²) < 4.78 is 0. The molecule has 3 rings (SSSR count). The highest BCUT2D eigenvalue weighted by Crippen LogP contribution is 2.22. The molecule has 1 aromatic carbocycles. The fourth-order valence-electron chi connectivity index (χ4n) is 1.90. The van der Waals surface area contributed by atoms with E-state index in [1.54, 1.807) is 0 Å². The Labute approximate surface area is 87.2 Å². The van der Waals surface area contributed by atoms with Crippen LogP contribution in [0.4, 0.5) is 0 Å². The number of hydrogen-bond donors (Lipinski definition) is 1. The zero-order valence-electron chi connectivity index (χ0n) is 8.70. The van der Waals surface area contributed by atoms with Crippen LogP contribution in [0.25, 0.3) is 21.9 Å². The van der Waals surface area contributed by atoms with Crippen LogP contribution in [0.2, 0.25) is 0 Å². The molecule has 0 unspecified atom stereocenters. The van der Waals surface area contributed by atoms with Crippen LogP contribution in [-0.4, -0.2) is 15.0 Å². The minimum Gasteiger partial charge on any atom is -0.342 e. The number of aromatic nitrogens is 3. The van der Waals surface area contributed by atoms with Crippen LogP contribution in [0, 0.1) is 13.8 Å². The van der Waals surface area contributed by atoms with Crippen molar-refractivity contribution < 1.29 is 0 Å². The lowest BCUT2D eigenvalue weighted by molar-refractivity contribution is 1.17. The molecule has 3 aromatic rings. The third kappa shape index (κ3) is 1.20. The molecule has 3 heteroatoms. The number of H-pyrrole nitrogens is 1. The van der Waals surface area contributed by atoms with Gasteiger partial charge in [-0.15, -0.1) is 0 Å². The molecular formula is C12H11N3. The van der Waals surface area contributed by atoms with E-state index in [2.05, 4.69) is 21.0 Å². The van der Waals surface area contributed by atoms with Crippen LogP contribution in [0.3, 0.4) is 0 Å². The maximum atomic E-state index is 4.48. The molecule has 3 nitrogen and oxygen atoms in total. The van der Waals surface area contributed by atoms with Gasteiger partial charge in [-0.3, -0.25) is 4.98 Å². The molecule has 0 saturated heterocycles. The number of pyridine rings is 1. The first kappa shape index (κ1) is 8.41. The van der Waals surface area contributed by atoms with Gasteiger partial charge < -0.3 is 4.98 Å². The minimum absolute atomic E-state index is 0.943.